The van der Waals surface area contributed by atoms with E-state index >= 15 is 0 Å². The Bertz CT molecular complexity index is 326. The molecular formula is C18H31N. The number of aryl methyl sites for hydroxylation is 2. The van der Waals surface area contributed by atoms with Crippen LogP contribution in [0.15, 0.2) is 24.3 Å². The molecule has 1 aromatic rings. The second-order valence-corrected chi connectivity index (χ2v) is 6.15. The van der Waals surface area contributed by atoms with Crippen molar-refractivity contribution in [1.29, 1.82) is 0 Å². The van der Waals surface area contributed by atoms with E-state index in [9.17, 15) is 0 Å². The van der Waals surface area contributed by atoms with Crippen LogP contribution in [0.4, 0.5) is 0 Å². The van der Waals surface area contributed by atoms with Crippen molar-refractivity contribution in [3.8, 4) is 0 Å². The van der Waals surface area contributed by atoms with Crippen LogP contribution in [0.1, 0.15) is 57.6 Å². The maximum Gasteiger partial charge on any atom is 0.00703 e. The summed E-state index contributed by atoms with van der Waals surface area (Å²) in [5.74, 6) is 0.810. The van der Waals surface area contributed by atoms with Gasteiger partial charge in [-0.15, -0.1) is 0 Å². The van der Waals surface area contributed by atoms with Crippen molar-refractivity contribution in [1.82, 2.24) is 5.32 Å². The van der Waals surface area contributed by atoms with Crippen LogP contribution < -0.4 is 5.32 Å². The lowest BCUT2D eigenvalue weighted by atomic mass is 9.97. The second kappa shape index (κ2) is 9.14. The number of hydrogen-bond acceptors (Lipinski definition) is 1. The van der Waals surface area contributed by atoms with Gasteiger partial charge in [-0.1, -0.05) is 50.6 Å². The highest BCUT2D eigenvalue weighted by molar-refractivity contribution is 5.21. The van der Waals surface area contributed by atoms with Gasteiger partial charge in [0.25, 0.3) is 0 Å². The number of rotatable bonds is 9. The van der Waals surface area contributed by atoms with Gasteiger partial charge in [-0.2, -0.15) is 0 Å². The highest BCUT2D eigenvalue weighted by Crippen LogP contribution is 2.13. The molecule has 1 atom stereocenters. The highest BCUT2D eigenvalue weighted by atomic mass is 14.9. The molecule has 0 fully saturated rings. The van der Waals surface area contributed by atoms with Crippen LogP contribution in [0.5, 0.6) is 0 Å². The predicted molar refractivity (Wildman–Crippen MR) is 85.7 cm³/mol. The van der Waals surface area contributed by atoms with Crippen molar-refractivity contribution in [2.75, 3.05) is 6.54 Å². The number of hydrogen-bond donors (Lipinski definition) is 1. The zero-order chi connectivity index (χ0) is 14.1. The molecule has 0 aliphatic carbocycles. The Kier molecular flexibility index (Phi) is 7.81. The normalized spacial score (nSPS) is 12.9. The first-order valence-corrected chi connectivity index (χ1v) is 7.90. The highest BCUT2D eigenvalue weighted by Gasteiger charge is 2.09. The first-order valence-electron chi connectivity index (χ1n) is 7.90. The fourth-order valence-corrected chi connectivity index (χ4v) is 2.33. The van der Waals surface area contributed by atoms with E-state index in [-0.39, 0.29) is 0 Å². The third-order valence-corrected chi connectivity index (χ3v) is 3.68. The molecule has 0 heterocycles. The van der Waals surface area contributed by atoms with Gasteiger partial charge in [0.15, 0.2) is 0 Å². The van der Waals surface area contributed by atoms with E-state index in [1.54, 1.807) is 0 Å². The van der Waals surface area contributed by atoms with E-state index in [1.165, 1.54) is 43.2 Å². The molecule has 1 nitrogen and oxygen atoms in total. The van der Waals surface area contributed by atoms with Crippen molar-refractivity contribution < 1.29 is 0 Å². The maximum atomic E-state index is 3.71. The summed E-state index contributed by atoms with van der Waals surface area (Å²) < 4.78 is 0. The first kappa shape index (κ1) is 16.2. The summed E-state index contributed by atoms with van der Waals surface area (Å²) in [7, 11) is 0. The summed E-state index contributed by atoms with van der Waals surface area (Å²) in [5.41, 5.74) is 2.82. The van der Waals surface area contributed by atoms with Crippen LogP contribution in [-0.2, 0) is 6.42 Å². The van der Waals surface area contributed by atoms with Gasteiger partial charge >= 0.3 is 0 Å². The molecule has 108 valence electrons. The molecule has 1 N–H and O–H groups in total. The van der Waals surface area contributed by atoms with Gasteiger partial charge in [0.2, 0.25) is 0 Å². The summed E-state index contributed by atoms with van der Waals surface area (Å²) in [6.45, 7) is 10.2. The topological polar surface area (TPSA) is 12.0 Å². The summed E-state index contributed by atoms with van der Waals surface area (Å²) in [6, 6.07) is 9.67. The third-order valence-electron chi connectivity index (χ3n) is 3.68. The Balaban J connectivity index is 2.39. The molecule has 0 aromatic heterocycles. The fraction of sp³-hybridized carbons (Fsp3) is 0.667. The molecule has 0 saturated carbocycles. The van der Waals surface area contributed by atoms with Crippen LogP contribution in [-0.4, -0.2) is 12.6 Å². The van der Waals surface area contributed by atoms with Crippen molar-refractivity contribution in [2.24, 2.45) is 5.92 Å². The Labute approximate surface area is 119 Å². The van der Waals surface area contributed by atoms with E-state index in [2.05, 4.69) is 57.3 Å². The van der Waals surface area contributed by atoms with Crippen molar-refractivity contribution in [3.05, 3.63) is 35.4 Å². The monoisotopic (exact) mass is 261 g/mol. The molecule has 1 rings (SSSR count). The summed E-state index contributed by atoms with van der Waals surface area (Å²) >= 11 is 0. The lowest BCUT2D eigenvalue weighted by Crippen LogP contribution is -2.30. The summed E-state index contributed by atoms with van der Waals surface area (Å²) in [6.07, 6.45) is 6.32. The zero-order valence-corrected chi connectivity index (χ0v) is 13.2. The van der Waals surface area contributed by atoms with Crippen molar-refractivity contribution >= 4 is 0 Å². The van der Waals surface area contributed by atoms with Gasteiger partial charge in [0.1, 0.15) is 0 Å². The Morgan fingerprint density at radius 1 is 1.00 bits per heavy atom. The molecule has 1 heteroatoms. The fourth-order valence-electron chi connectivity index (χ4n) is 2.33. The summed E-state index contributed by atoms with van der Waals surface area (Å²) in [5, 5.41) is 3.71. The third kappa shape index (κ3) is 7.37. The van der Waals surface area contributed by atoms with E-state index in [0.717, 1.165) is 12.5 Å². The Morgan fingerprint density at radius 2 is 1.68 bits per heavy atom. The van der Waals surface area contributed by atoms with Crippen LogP contribution in [0.3, 0.4) is 0 Å². The lowest BCUT2D eigenvalue weighted by molar-refractivity contribution is 0.410. The number of nitrogens with one attached hydrogen (secondary N) is 1. The number of benzene rings is 1. The minimum Gasteiger partial charge on any atom is -0.314 e. The predicted octanol–water partition coefficient (Wildman–Crippen LogP) is 4.73. The smallest absolute Gasteiger partial charge is 0.00703 e. The molecular weight excluding hydrogens is 230 g/mol. The van der Waals surface area contributed by atoms with Crippen molar-refractivity contribution in [2.45, 2.75) is 65.8 Å². The molecule has 0 bridgehead atoms. The maximum absolute atomic E-state index is 3.71. The van der Waals surface area contributed by atoms with Gasteiger partial charge in [0.05, 0.1) is 0 Å². The van der Waals surface area contributed by atoms with Crippen molar-refractivity contribution in [3.63, 3.8) is 0 Å². The van der Waals surface area contributed by atoms with E-state index in [1.807, 2.05) is 0 Å². The minimum atomic E-state index is 0.684. The molecule has 1 unspecified atom stereocenters. The lowest BCUT2D eigenvalue weighted by Gasteiger charge is -2.19. The van der Waals surface area contributed by atoms with Crippen LogP contribution in [0.25, 0.3) is 0 Å². The standard InChI is InChI=1S/C18H31N/c1-5-14-19-18(12-6-15(2)3)13-11-17-9-7-16(4)8-10-17/h7-10,15,18-19H,5-6,11-14H2,1-4H3. The molecule has 0 aliphatic rings. The molecule has 19 heavy (non-hydrogen) atoms. The van der Waals surface area contributed by atoms with E-state index in [0.29, 0.717) is 6.04 Å². The average molecular weight is 261 g/mol. The SMILES string of the molecule is CCCNC(CCc1ccc(C)cc1)CCC(C)C. The minimum absolute atomic E-state index is 0.684. The Morgan fingerprint density at radius 3 is 2.26 bits per heavy atom. The van der Waals surface area contributed by atoms with Crippen LogP contribution in [0.2, 0.25) is 0 Å². The zero-order valence-electron chi connectivity index (χ0n) is 13.2. The first-order chi connectivity index (χ1) is 9.11. The van der Waals surface area contributed by atoms with Gasteiger partial charge in [0, 0.05) is 6.04 Å². The van der Waals surface area contributed by atoms with Gasteiger partial charge in [-0.25, -0.2) is 0 Å². The molecule has 1 aromatic carbocycles. The quantitative estimate of drug-likeness (QED) is 0.677. The molecule has 0 spiro atoms. The molecule has 0 radical (unpaired) electrons. The Hall–Kier alpha value is -0.820. The van der Waals surface area contributed by atoms with Gasteiger partial charge in [-0.3, -0.25) is 0 Å². The largest absolute Gasteiger partial charge is 0.314 e. The molecule has 0 amide bonds. The van der Waals surface area contributed by atoms with E-state index in [4.69, 9.17) is 0 Å². The van der Waals surface area contributed by atoms with E-state index < -0.39 is 0 Å². The second-order valence-electron chi connectivity index (χ2n) is 6.15. The summed E-state index contributed by atoms with van der Waals surface area (Å²) in [4.78, 5) is 0. The van der Waals surface area contributed by atoms with Gasteiger partial charge < -0.3 is 5.32 Å². The van der Waals surface area contributed by atoms with Crippen LogP contribution in [0, 0.1) is 12.8 Å². The van der Waals surface area contributed by atoms with Crippen LogP contribution >= 0.6 is 0 Å². The van der Waals surface area contributed by atoms with Gasteiger partial charge in [-0.05, 0) is 57.1 Å². The molecule has 0 saturated heterocycles. The molecule has 0 aliphatic heterocycles. The average Bonchev–Trinajstić information content (AvgIpc) is 2.39.